The van der Waals surface area contributed by atoms with Gasteiger partial charge in [-0.25, -0.2) is 18.1 Å². The summed E-state index contributed by atoms with van der Waals surface area (Å²) in [6.07, 6.45) is 10.8. The van der Waals surface area contributed by atoms with Crippen molar-refractivity contribution in [3.05, 3.63) is 112 Å². The van der Waals surface area contributed by atoms with E-state index in [4.69, 9.17) is 4.74 Å². The van der Waals surface area contributed by atoms with Crippen molar-refractivity contribution in [1.82, 2.24) is 19.6 Å². The summed E-state index contributed by atoms with van der Waals surface area (Å²) < 4.78 is 35.9. The zero-order chi connectivity index (χ0) is 43.4. The zero-order valence-corrected chi connectivity index (χ0v) is 36.3. The number of hydrogen-bond donors (Lipinski definition) is 4. The summed E-state index contributed by atoms with van der Waals surface area (Å²) in [5.74, 6) is 0.261. The largest absolute Gasteiger partial charge is 0.455 e. The number of carbonyl (C=O) groups is 1. The summed E-state index contributed by atoms with van der Waals surface area (Å²) in [5.41, 5.74) is 3.68. The highest BCUT2D eigenvalue weighted by Gasteiger charge is 2.55. The molecule has 1 spiro atoms. The molecule has 2 aliphatic heterocycles. The number of aromatic amines is 1. The predicted molar refractivity (Wildman–Crippen MR) is 238 cm³/mol. The molecule has 0 unspecified atom stereocenters. The molecule has 2 saturated carbocycles. The summed E-state index contributed by atoms with van der Waals surface area (Å²) in [6, 6.07) is 22.2. The Hall–Kier alpha value is -5.51. The third-order valence-corrected chi connectivity index (χ3v) is 15.1. The molecular formula is C47H55N7O7S. The second-order valence-electron chi connectivity index (χ2n) is 18.7. The van der Waals surface area contributed by atoms with Gasteiger partial charge in [0.25, 0.3) is 21.6 Å². The maximum atomic E-state index is 13.9. The van der Waals surface area contributed by atoms with Crippen molar-refractivity contribution in [3.8, 4) is 11.5 Å². The molecule has 1 amide bonds. The van der Waals surface area contributed by atoms with Crippen LogP contribution in [0.15, 0.2) is 90.1 Å². The highest BCUT2D eigenvalue weighted by atomic mass is 32.2. The van der Waals surface area contributed by atoms with Gasteiger partial charge >= 0.3 is 0 Å². The zero-order valence-electron chi connectivity index (χ0n) is 35.5. The van der Waals surface area contributed by atoms with Crippen LogP contribution in [-0.4, -0.2) is 77.0 Å². The molecule has 4 heterocycles. The smallest absolute Gasteiger partial charge is 0.293 e. The van der Waals surface area contributed by atoms with Crippen molar-refractivity contribution in [3.63, 3.8) is 0 Å². The predicted octanol–water partition coefficient (Wildman–Crippen LogP) is 8.66. The Balaban J connectivity index is 0.903. The minimum absolute atomic E-state index is 0.0218. The number of H-pyrrole nitrogens is 1. The van der Waals surface area contributed by atoms with Crippen LogP contribution >= 0.6 is 0 Å². The van der Waals surface area contributed by atoms with Gasteiger partial charge < -0.3 is 25.0 Å². The average molecular weight is 862 g/mol. The fourth-order valence-electron chi connectivity index (χ4n) is 10.3. The number of nitro benzene ring substituents is 1. The second kappa shape index (κ2) is 16.3. The number of nitro groups is 1. The molecule has 2 aromatic heterocycles. The van der Waals surface area contributed by atoms with E-state index in [-0.39, 0.29) is 28.3 Å². The number of nitrogens with zero attached hydrogens (tertiary/aromatic N) is 4. The van der Waals surface area contributed by atoms with Crippen LogP contribution in [0.2, 0.25) is 0 Å². The van der Waals surface area contributed by atoms with Gasteiger partial charge in [-0.05, 0) is 124 Å². The van der Waals surface area contributed by atoms with Crippen molar-refractivity contribution < 1.29 is 28.0 Å². The van der Waals surface area contributed by atoms with E-state index in [2.05, 4.69) is 67.9 Å². The highest BCUT2D eigenvalue weighted by Crippen LogP contribution is 2.54. The molecule has 9 rings (SSSR count). The lowest BCUT2D eigenvalue weighted by Crippen LogP contribution is -2.66. The number of hydrogen-bond acceptors (Lipinski definition) is 11. The lowest BCUT2D eigenvalue weighted by atomic mass is 9.60. The number of rotatable bonds is 13. The highest BCUT2D eigenvalue weighted by molar-refractivity contribution is 7.90. The van der Waals surface area contributed by atoms with E-state index in [0.29, 0.717) is 48.8 Å². The molecule has 5 aromatic rings. The number of amides is 1. The third kappa shape index (κ3) is 8.37. The first kappa shape index (κ1) is 41.8. The minimum Gasteiger partial charge on any atom is -0.455 e. The molecule has 62 heavy (non-hydrogen) atoms. The number of sulfonamides is 1. The van der Waals surface area contributed by atoms with Gasteiger partial charge in [-0.3, -0.25) is 19.8 Å². The topological polar surface area (TPSA) is 183 Å². The first-order valence-electron chi connectivity index (χ1n) is 21.8. The number of aromatic nitrogens is 2. The van der Waals surface area contributed by atoms with Crippen molar-refractivity contribution in [1.29, 1.82) is 0 Å². The van der Waals surface area contributed by atoms with Gasteiger partial charge in [-0.2, -0.15) is 0 Å². The number of ether oxygens (including phenoxy) is 1. The van der Waals surface area contributed by atoms with Crippen molar-refractivity contribution in [2.45, 2.75) is 101 Å². The van der Waals surface area contributed by atoms with Gasteiger partial charge in [0, 0.05) is 66.5 Å². The Morgan fingerprint density at radius 3 is 2.58 bits per heavy atom. The maximum Gasteiger partial charge on any atom is 0.293 e. The summed E-state index contributed by atoms with van der Waals surface area (Å²) in [6.45, 7) is 9.66. The van der Waals surface area contributed by atoms with Gasteiger partial charge in [0.05, 0.1) is 27.2 Å². The molecule has 14 nitrogen and oxygen atoms in total. The van der Waals surface area contributed by atoms with Crippen LogP contribution in [0.3, 0.4) is 0 Å². The van der Waals surface area contributed by atoms with E-state index in [9.17, 15) is 28.4 Å². The molecule has 4 aliphatic rings. The molecule has 0 radical (unpaired) electrons. The molecule has 2 aliphatic carbocycles. The van der Waals surface area contributed by atoms with Crippen LogP contribution in [0.5, 0.6) is 11.5 Å². The molecule has 2 saturated heterocycles. The summed E-state index contributed by atoms with van der Waals surface area (Å²) in [5, 5.41) is 26.3. The Morgan fingerprint density at radius 1 is 1.05 bits per heavy atom. The Kier molecular flexibility index (Phi) is 11.0. The van der Waals surface area contributed by atoms with E-state index in [0.717, 1.165) is 62.5 Å². The van der Waals surface area contributed by atoms with Crippen LogP contribution in [0.4, 0.5) is 17.1 Å². The summed E-state index contributed by atoms with van der Waals surface area (Å²) >= 11 is 0. The van der Waals surface area contributed by atoms with Gasteiger partial charge in [0.15, 0.2) is 0 Å². The fourth-order valence-corrected chi connectivity index (χ4v) is 11.3. The monoisotopic (exact) mass is 861 g/mol. The van der Waals surface area contributed by atoms with Gasteiger partial charge in [-0.1, -0.05) is 38.1 Å². The fraction of sp³-hybridized carbons (Fsp3) is 0.447. The molecule has 4 N–H and O–H groups in total. The van der Waals surface area contributed by atoms with Crippen LogP contribution in [0.1, 0.15) is 106 Å². The first-order valence-corrected chi connectivity index (χ1v) is 23.3. The van der Waals surface area contributed by atoms with Crippen LogP contribution in [-0.2, 0) is 10.0 Å². The Labute approximate surface area is 362 Å². The standard InChI is InChI=1S/C47H55N7O7S/c1-30(2)37-7-4-5-8-38(37)41-9-6-20-53(41)34-24-47(25-34)28-52(29-47)33-10-12-39(43(22-33)61-35-21-32-16-19-48-44(32)50-27-35)45(55)51-62(59,60)36-11-13-40(42(23-36)54(57)58)49-26-31-14-17-46(3,56)18-15-31/h4-5,7-8,10-13,16,19,21-23,27,30-31,34,41,49,56H,6,9,14-15,17-18,20,24-26,28-29H2,1-3H3,(H,48,50)(H,51,55)/t31-,41-,46-/m0/s1. The SMILES string of the molecule is CC(C)c1ccccc1[C@@H]1CCCN1C1CC2(C1)CN(c1ccc(C(=O)NS(=O)(=O)c3ccc(NC[C@H]4CC[C@](C)(O)CC4)c([N+](=O)[O-])c3)c(Oc3cnc4[nH]ccc4c3)c1)C2. The number of aliphatic hydroxyl groups is 1. The number of pyridine rings is 1. The number of fused-ring (bicyclic) bond motifs is 1. The van der Waals surface area contributed by atoms with E-state index >= 15 is 0 Å². The van der Waals surface area contributed by atoms with Crippen LogP contribution in [0.25, 0.3) is 11.0 Å². The van der Waals surface area contributed by atoms with Crippen molar-refractivity contribution >= 4 is 44.0 Å². The molecule has 326 valence electrons. The molecule has 1 atom stereocenters. The van der Waals surface area contributed by atoms with Crippen LogP contribution < -0.4 is 19.7 Å². The molecule has 3 aromatic carbocycles. The third-order valence-electron chi connectivity index (χ3n) is 13.8. The van der Waals surface area contributed by atoms with Crippen molar-refractivity contribution in [2.24, 2.45) is 11.3 Å². The van der Waals surface area contributed by atoms with Gasteiger partial charge in [0.2, 0.25) is 0 Å². The van der Waals surface area contributed by atoms with E-state index in [1.165, 1.54) is 42.3 Å². The van der Waals surface area contributed by atoms with Gasteiger partial charge in [-0.15, -0.1) is 0 Å². The first-order chi connectivity index (χ1) is 29.7. The number of likely N-dealkylation sites (tertiary alicyclic amines) is 1. The lowest BCUT2D eigenvalue weighted by molar-refractivity contribution is -0.384. The van der Waals surface area contributed by atoms with Crippen molar-refractivity contribution in [2.75, 3.05) is 36.4 Å². The number of nitrogens with one attached hydrogen (secondary N) is 3. The number of benzene rings is 3. The molecule has 0 bridgehead atoms. The quantitative estimate of drug-likeness (QED) is 0.0657. The van der Waals surface area contributed by atoms with E-state index < -0.39 is 37.0 Å². The summed E-state index contributed by atoms with van der Waals surface area (Å²) in [7, 11) is -4.56. The summed E-state index contributed by atoms with van der Waals surface area (Å²) in [4.78, 5) is 37.5. The molecule has 4 fully saturated rings. The second-order valence-corrected chi connectivity index (χ2v) is 20.3. The van der Waals surface area contributed by atoms with E-state index in [1.54, 1.807) is 24.4 Å². The maximum absolute atomic E-state index is 13.9. The van der Waals surface area contributed by atoms with E-state index in [1.807, 2.05) is 19.1 Å². The number of carbonyl (C=O) groups excluding carboxylic acids is 1. The Morgan fingerprint density at radius 2 is 1.82 bits per heavy atom. The van der Waals surface area contributed by atoms with Gasteiger partial charge in [0.1, 0.15) is 22.8 Å². The lowest BCUT2D eigenvalue weighted by Gasteiger charge is -2.62. The normalized spacial score (nSPS) is 22.7. The molecule has 15 heteroatoms. The minimum atomic E-state index is -4.56. The molecular weight excluding hydrogens is 807 g/mol. The number of anilines is 2. The Bertz CT molecular complexity index is 2600. The average Bonchev–Trinajstić information content (AvgIpc) is 3.89. The van der Waals surface area contributed by atoms with Crippen LogP contribution in [0, 0.1) is 21.4 Å².